The van der Waals surface area contributed by atoms with E-state index >= 15 is 0 Å². The van der Waals surface area contributed by atoms with Crippen LogP contribution in [-0.4, -0.2) is 163 Å². The molecule has 0 aromatic rings. The third-order valence-corrected chi connectivity index (χ3v) is 6.50. The van der Waals surface area contributed by atoms with E-state index in [0.29, 0.717) is 12.6 Å². The van der Waals surface area contributed by atoms with Crippen molar-refractivity contribution in [3.63, 3.8) is 0 Å². The SMILES string of the molecule is CCC1O[C@H](OCC2O[C@H](OCC(O)[C@@H](O)[C@@H](O)C(O)/C=N/OCC(=O)O)C(O)[C@H](O)[C@@H]2O)C(C)[C@H](O)[C@@H]1O. The summed E-state index contributed by atoms with van der Waals surface area (Å²) in [7, 11) is 0. The molecule has 2 heterocycles. The van der Waals surface area contributed by atoms with E-state index in [-0.39, 0.29) is 0 Å². The van der Waals surface area contributed by atoms with Crippen molar-refractivity contribution in [2.45, 2.75) is 100.0 Å². The quantitative estimate of drug-likeness (QED) is 0.0687. The van der Waals surface area contributed by atoms with Crippen molar-refractivity contribution in [1.29, 1.82) is 0 Å². The Balaban J connectivity index is 1.91. The lowest BCUT2D eigenvalue weighted by atomic mass is 9.91. The Hall–Kier alpha value is -1.58. The minimum Gasteiger partial charge on any atom is -0.479 e. The largest absolute Gasteiger partial charge is 0.479 e. The van der Waals surface area contributed by atoms with Crippen LogP contribution < -0.4 is 0 Å². The third-order valence-electron chi connectivity index (χ3n) is 6.50. The van der Waals surface area contributed by atoms with Crippen LogP contribution in [0.5, 0.6) is 0 Å². The van der Waals surface area contributed by atoms with Crippen molar-refractivity contribution in [3.05, 3.63) is 0 Å². The number of carboxylic acid groups (broad SMARTS) is 1. The maximum atomic E-state index is 10.3. The molecule has 0 radical (unpaired) electrons. The molecule has 14 atom stereocenters. The van der Waals surface area contributed by atoms with Gasteiger partial charge in [-0.25, -0.2) is 4.79 Å². The zero-order chi connectivity index (χ0) is 29.4. The highest BCUT2D eigenvalue weighted by Crippen LogP contribution is 2.29. The van der Waals surface area contributed by atoms with E-state index in [0.717, 1.165) is 0 Å². The molecule has 228 valence electrons. The van der Waals surface area contributed by atoms with Gasteiger partial charge in [-0.1, -0.05) is 19.0 Å². The molecule has 0 bridgehead atoms. The lowest BCUT2D eigenvalue weighted by molar-refractivity contribution is -0.326. The second-order valence-electron chi connectivity index (χ2n) is 9.43. The van der Waals surface area contributed by atoms with Crippen molar-refractivity contribution in [2.75, 3.05) is 19.8 Å². The number of aliphatic hydroxyl groups is 9. The van der Waals surface area contributed by atoms with Gasteiger partial charge < -0.3 is 74.9 Å². The maximum absolute atomic E-state index is 10.3. The molecule has 10 N–H and O–H groups in total. The molecule has 2 rings (SSSR count). The Morgan fingerprint density at radius 1 is 0.872 bits per heavy atom. The first kappa shape index (κ1) is 33.6. The first-order valence-electron chi connectivity index (χ1n) is 12.3. The van der Waals surface area contributed by atoms with Crippen LogP contribution in [0.15, 0.2) is 5.16 Å². The summed E-state index contributed by atoms with van der Waals surface area (Å²) in [4.78, 5) is 14.7. The van der Waals surface area contributed by atoms with Gasteiger partial charge in [0.25, 0.3) is 0 Å². The smallest absolute Gasteiger partial charge is 0.344 e. The highest BCUT2D eigenvalue weighted by Gasteiger charge is 2.47. The summed E-state index contributed by atoms with van der Waals surface area (Å²) < 4.78 is 22.0. The van der Waals surface area contributed by atoms with Gasteiger partial charge in [-0.3, -0.25) is 0 Å². The van der Waals surface area contributed by atoms with E-state index < -0.39 is 111 Å². The fourth-order valence-electron chi connectivity index (χ4n) is 3.99. The number of carboxylic acids is 1. The monoisotopic (exact) mass is 573 g/mol. The molecule has 2 fully saturated rings. The lowest BCUT2D eigenvalue weighted by Crippen LogP contribution is -2.60. The second-order valence-corrected chi connectivity index (χ2v) is 9.43. The van der Waals surface area contributed by atoms with E-state index in [1.165, 1.54) is 0 Å². The molecule has 17 nitrogen and oxygen atoms in total. The van der Waals surface area contributed by atoms with Crippen molar-refractivity contribution in [1.82, 2.24) is 0 Å². The number of nitrogens with zero attached hydrogens (tertiary/aromatic N) is 1. The summed E-state index contributed by atoms with van der Waals surface area (Å²) in [5.74, 6) is -1.99. The van der Waals surface area contributed by atoms with Crippen LogP contribution in [-0.2, 0) is 28.6 Å². The van der Waals surface area contributed by atoms with Gasteiger partial charge in [-0.2, -0.15) is 0 Å². The summed E-state index contributed by atoms with van der Waals surface area (Å²) >= 11 is 0. The number of rotatable bonds is 14. The number of ether oxygens (including phenoxy) is 4. The number of hydrogen-bond acceptors (Lipinski definition) is 16. The minimum absolute atomic E-state index is 0.388. The molecular formula is C22H39NO16. The van der Waals surface area contributed by atoms with E-state index in [4.69, 9.17) is 24.1 Å². The van der Waals surface area contributed by atoms with Crippen LogP contribution >= 0.6 is 0 Å². The Morgan fingerprint density at radius 3 is 2.10 bits per heavy atom. The van der Waals surface area contributed by atoms with Gasteiger partial charge in [0.05, 0.1) is 31.6 Å². The van der Waals surface area contributed by atoms with E-state index in [1.807, 2.05) is 0 Å². The normalized spacial score (nSPS) is 38.7. The zero-order valence-corrected chi connectivity index (χ0v) is 21.4. The predicted molar refractivity (Wildman–Crippen MR) is 125 cm³/mol. The summed E-state index contributed by atoms with van der Waals surface area (Å²) in [6.07, 6.45) is -18.8. The summed E-state index contributed by atoms with van der Waals surface area (Å²) in [6.45, 7) is 1.35. The molecule has 0 aromatic carbocycles. The standard InChI is InChI=1S/C22H39NO16/c1-3-11-17(31)14(28)8(2)21(38-11)36-6-12-18(32)19(33)20(34)22(39-12)35-5-10(25)16(30)15(29)9(24)4-23-37-7-13(26)27/h4,8-12,14-22,24-25,28-34H,3,5-7H2,1-2H3,(H,26,27)/b23-4+/t8?,9?,10?,11?,12?,14-,15-,16+,17+,18+,19+,20?,21-,22-/m0/s1. The molecule has 0 saturated carbocycles. The molecule has 2 aliphatic rings. The van der Waals surface area contributed by atoms with Crippen LogP contribution in [0.2, 0.25) is 0 Å². The minimum atomic E-state index is -2.01. The van der Waals surface area contributed by atoms with Crippen LogP contribution in [0, 0.1) is 5.92 Å². The van der Waals surface area contributed by atoms with Crippen LogP contribution in [0.3, 0.4) is 0 Å². The van der Waals surface area contributed by atoms with Gasteiger partial charge in [0.1, 0.15) is 54.9 Å². The number of aliphatic hydroxyl groups excluding tert-OH is 9. The fourth-order valence-corrected chi connectivity index (χ4v) is 3.99. The highest BCUT2D eigenvalue weighted by molar-refractivity contribution is 5.68. The average Bonchev–Trinajstić information content (AvgIpc) is 2.91. The van der Waals surface area contributed by atoms with Crippen molar-refractivity contribution >= 4 is 12.2 Å². The van der Waals surface area contributed by atoms with Gasteiger partial charge in [-0.05, 0) is 6.42 Å². The summed E-state index contributed by atoms with van der Waals surface area (Å²) in [5.41, 5.74) is 0. The molecule has 6 unspecified atom stereocenters. The van der Waals surface area contributed by atoms with Crippen LogP contribution in [0.1, 0.15) is 20.3 Å². The summed E-state index contributed by atoms with van der Waals surface area (Å²) in [5, 5.41) is 103. The highest BCUT2D eigenvalue weighted by atomic mass is 16.7. The van der Waals surface area contributed by atoms with Gasteiger partial charge in [-0.15, -0.1) is 0 Å². The number of oxime groups is 1. The zero-order valence-electron chi connectivity index (χ0n) is 21.4. The van der Waals surface area contributed by atoms with Crippen LogP contribution in [0.4, 0.5) is 0 Å². The van der Waals surface area contributed by atoms with Gasteiger partial charge >= 0.3 is 5.97 Å². The van der Waals surface area contributed by atoms with Gasteiger partial charge in [0.15, 0.2) is 12.6 Å². The Labute approximate surface area is 223 Å². The molecule has 0 spiro atoms. The Kier molecular flexibility index (Phi) is 13.3. The predicted octanol–water partition coefficient (Wildman–Crippen LogP) is -5.15. The van der Waals surface area contributed by atoms with Crippen molar-refractivity contribution in [3.8, 4) is 0 Å². The molecule has 0 amide bonds. The van der Waals surface area contributed by atoms with Crippen molar-refractivity contribution in [2.24, 2.45) is 11.1 Å². The molecule has 39 heavy (non-hydrogen) atoms. The first-order chi connectivity index (χ1) is 18.3. The molecule has 17 heteroatoms. The number of hydrogen-bond donors (Lipinski definition) is 10. The van der Waals surface area contributed by atoms with Gasteiger partial charge in [0, 0.05) is 5.92 Å². The van der Waals surface area contributed by atoms with Crippen LogP contribution in [0.25, 0.3) is 0 Å². The Morgan fingerprint density at radius 2 is 1.49 bits per heavy atom. The molecule has 2 saturated heterocycles. The fraction of sp³-hybridized carbons (Fsp3) is 0.909. The summed E-state index contributed by atoms with van der Waals surface area (Å²) in [6, 6.07) is 0. The second kappa shape index (κ2) is 15.4. The first-order valence-corrected chi connectivity index (χ1v) is 12.3. The topological polar surface area (TPSA) is 278 Å². The van der Waals surface area contributed by atoms with E-state index in [9.17, 15) is 50.8 Å². The molecule has 0 aromatic heterocycles. The number of carbonyl (C=O) groups is 1. The molecule has 2 aliphatic heterocycles. The Bertz CT molecular complexity index is 772. The third kappa shape index (κ3) is 8.95. The van der Waals surface area contributed by atoms with E-state index in [2.05, 4.69) is 9.99 Å². The number of aliphatic carboxylic acids is 1. The van der Waals surface area contributed by atoms with Gasteiger partial charge in [0.2, 0.25) is 6.61 Å². The van der Waals surface area contributed by atoms with Crippen molar-refractivity contribution < 1.29 is 79.6 Å². The van der Waals surface area contributed by atoms with E-state index in [1.54, 1.807) is 13.8 Å². The maximum Gasteiger partial charge on any atom is 0.344 e. The lowest BCUT2D eigenvalue weighted by Gasteiger charge is -2.43. The molecular weight excluding hydrogens is 534 g/mol. The molecule has 0 aliphatic carbocycles. The average molecular weight is 574 g/mol.